The Bertz CT molecular complexity index is 544. The molecule has 0 fully saturated rings. The van der Waals surface area contributed by atoms with Gasteiger partial charge < -0.3 is 16.2 Å². The highest BCUT2D eigenvalue weighted by Crippen LogP contribution is 2.19. The molecule has 0 aliphatic heterocycles. The maximum atomic E-state index is 11.0. The molecule has 7 heteroatoms. The zero-order valence-corrected chi connectivity index (χ0v) is 8.66. The van der Waals surface area contributed by atoms with Crippen molar-refractivity contribution in [3.05, 3.63) is 36.5 Å². The van der Waals surface area contributed by atoms with Gasteiger partial charge in [-0.2, -0.15) is 0 Å². The molecule has 4 N–H and O–H groups in total. The van der Waals surface area contributed by atoms with Crippen LogP contribution in [0.5, 0.6) is 0 Å². The number of carboxylic acids is 1. The van der Waals surface area contributed by atoms with Gasteiger partial charge in [0.2, 0.25) is 0 Å². The summed E-state index contributed by atoms with van der Waals surface area (Å²) in [5.41, 5.74) is 6.31. The standard InChI is InChI=1S/C10H9N5O2/c11-6-1-8(10(16)17)9(14-2-6)15-7-3-12-5-13-4-7/h1-5H,11H2,(H,14,15)(H,16,17). The first-order chi connectivity index (χ1) is 8.16. The van der Waals surface area contributed by atoms with Crippen molar-refractivity contribution in [1.82, 2.24) is 15.0 Å². The van der Waals surface area contributed by atoms with Crippen molar-refractivity contribution in [2.45, 2.75) is 0 Å². The minimum absolute atomic E-state index is 0.00569. The van der Waals surface area contributed by atoms with Gasteiger partial charge in [-0.15, -0.1) is 0 Å². The van der Waals surface area contributed by atoms with Crippen LogP contribution in [0.3, 0.4) is 0 Å². The Balaban J connectivity index is 2.36. The predicted octanol–water partition coefficient (Wildman–Crippen LogP) is 0.896. The zero-order chi connectivity index (χ0) is 12.3. The van der Waals surface area contributed by atoms with E-state index in [0.717, 1.165) is 0 Å². The van der Waals surface area contributed by atoms with E-state index in [9.17, 15) is 4.79 Å². The molecule has 0 amide bonds. The molecule has 0 aliphatic rings. The van der Waals surface area contributed by atoms with Crippen molar-refractivity contribution in [3.8, 4) is 0 Å². The molecule has 0 atom stereocenters. The summed E-state index contributed by atoms with van der Waals surface area (Å²) in [6.07, 6.45) is 5.77. The summed E-state index contributed by atoms with van der Waals surface area (Å²) in [7, 11) is 0. The minimum Gasteiger partial charge on any atom is -0.478 e. The van der Waals surface area contributed by atoms with Gasteiger partial charge in [0.1, 0.15) is 17.7 Å². The van der Waals surface area contributed by atoms with Crippen LogP contribution in [-0.4, -0.2) is 26.0 Å². The summed E-state index contributed by atoms with van der Waals surface area (Å²) in [5.74, 6) is -0.911. The lowest BCUT2D eigenvalue weighted by Gasteiger charge is -2.07. The second kappa shape index (κ2) is 4.44. The number of nitrogens with zero attached hydrogens (tertiary/aromatic N) is 3. The third kappa shape index (κ3) is 2.46. The third-order valence-electron chi connectivity index (χ3n) is 1.96. The molecule has 2 rings (SSSR count). The van der Waals surface area contributed by atoms with Gasteiger partial charge in [-0.3, -0.25) is 0 Å². The lowest BCUT2D eigenvalue weighted by Crippen LogP contribution is -2.06. The molecule has 0 saturated carbocycles. The van der Waals surface area contributed by atoms with Crippen LogP contribution in [0.2, 0.25) is 0 Å². The summed E-state index contributed by atoms with van der Waals surface area (Å²) in [6.45, 7) is 0. The Kier molecular flexibility index (Phi) is 2.82. The second-order valence-electron chi connectivity index (χ2n) is 3.22. The van der Waals surface area contributed by atoms with Gasteiger partial charge in [0, 0.05) is 0 Å². The average molecular weight is 231 g/mol. The van der Waals surface area contributed by atoms with Crippen LogP contribution in [0.25, 0.3) is 0 Å². The summed E-state index contributed by atoms with van der Waals surface area (Å²) in [6, 6.07) is 1.33. The predicted molar refractivity (Wildman–Crippen MR) is 60.9 cm³/mol. The number of carboxylic acid groups (broad SMARTS) is 1. The van der Waals surface area contributed by atoms with E-state index in [0.29, 0.717) is 5.69 Å². The fourth-order valence-electron chi connectivity index (χ4n) is 1.24. The molecule has 17 heavy (non-hydrogen) atoms. The Morgan fingerprint density at radius 1 is 1.29 bits per heavy atom. The van der Waals surface area contributed by atoms with E-state index in [1.165, 1.54) is 31.0 Å². The number of anilines is 3. The van der Waals surface area contributed by atoms with Gasteiger partial charge in [0.05, 0.1) is 30.0 Å². The smallest absolute Gasteiger partial charge is 0.339 e. The molecule has 0 unspecified atom stereocenters. The monoisotopic (exact) mass is 231 g/mol. The Labute approximate surface area is 96.4 Å². The molecule has 0 bridgehead atoms. The highest BCUT2D eigenvalue weighted by Gasteiger charge is 2.12. The molecule has 0 aliphatic carbocycles. The zero-order valence-electron chi connectivity index (χ0n) is 8.66. The van der Waals surface area contributed by atoms with Gasteiger partial charge >= 0.3 is 5.97 Å². The highest BCUT2D eigenvalue weighted by molar-refractivity contribution is 5.94. The summed E-state index contributed by atoms with van der Waals surface area (Å²) < 4.78 is 0. The van der Waals surface area contributed by atoms with E-state index in [4.69, 9.17) is 10.8 Å². The first kappa shape index (κ1) is 10.8. The number of pyridine rings is 1. The van der Waals surface area contributed by atoms with Crippen molar-refractivity contribution in [2.75, 3.05) is 11.1 Å². The van der Waals surface area contributed by atoms with Gasteiger partial charge in [-0.1, -0.05) is 0 Å². The summed E-state index contributed by atoms with van der Waals surface area (Å²) >= 11 is 0. The van der Waals surface area contributed by atoms with Crippen molar-refractivity contribution >= 4 is 23.2 Å². The summed E-state index contributed by atoms with van der Waals surface area (Å²) in [4.78, 5) is 22.5. The first-order valence-corrected chi connectivity index (χ1v) is 4.67. The number of aromatic nitrogens is 3. The number of carbonyl (C=O) groups is 1. The maximum absolute atomic E-state index is 11.0. The SMILES string of the molecule is Nc1cnc(Nc2cncnc2)c(C(=O)O)c1. The molecule has 2 aromatic rings. The van der Waals surface area contributed by atoms with Crippen LogP contribution >= 0.6 is 0 Å². The highest BCUT2D eigenvalue weighted by atomic mass is 16.4. The number of rotatable bonds is 3. The van der Waals surface area contributed by atoms with Crippen LogP contribution in [-0.2, 0) is 0 Å². The van der Waals surface area contributed by atoms with E-state index in [1.54, 1.807) is 0 Å². The normalized spacial score (nSPS) is 9.88. The van der Waals surface area contributed by atoms with E-state index in [1.807, 2.05) is 0 Å². The lowest BCUT2D eigenvalue weighted by molar-refractivity contribution is 0.0697. The first-order valence-electron chi connectivity index (χ1n) is 4.67. The Morgan fingerprint density at radius 3 is 2.65 bits per heavy atom. The van der Waals surface area contributed by atoms with Crippen molar-refractivity contribution in [3.63, 3.8) is 0 Å². The van der Waals surface area contributed by atoms with Gasteiger partial charge in [-0.05, 0) is 6.07 Å². The van der Waals surface area contributed by atoms with Crippen LogP contribution in [0.4, 0.5) is 17.2 Å². The fraction of sp³-hybridized carbons (Fsp3) is 0. The topological polar surface area (TPSA) is 114 Å². The van der Waals surface area contributed by atoms with Crippen LogP contribution in [0.15, 0.2) is 31.0 Å². The molecule has 2 heterocycles. The maximum Gasteiger partial charge on any atom is 0.339 e. The molecule has 0 aromatic carbocycles. The minimum atomic E-state index is -1.11. The molecule has 0 radical (unpaired) electrons. The molecular formula is C10H9N5O2. The van der Waals surface area contributed by atoms with E-state index in [2.05, 4.69) is 20.3 Å². The van der Waals surface area contributed by atoms with Crippen molar-refractivity contribution in [1.29, 1.82) is 0 Å². The molecule has 2 aromatic heterocycles. The van der Waals surface area contributed by atoms with E-state index >= 15 is 0 Å². The molecule has 86 valence electrons. The van der Waals surface area contributed by atoms with Crippen molar-refractivity contribution in [2.24, 2.45) is 0 Å². The number of nitrogens with two attached hydrogens (primary N) is 1. The number of nitrogens with one attached hydrogen (secondary N) is 1. The van der Waals surface area contributed by atoms with Gasteiger partial charge in [0.15, 0.2) is 0 Å². The Morgan fingerprint density at radius 2 is 2.00 bits per heavy atom. The molecule has 7 nitrogen and oxygen atoms in total. The van der Waals surface area contributed by atoms with Gasteiger partial charge in [-0.25, -0.2) is 19.7 Å². The molecule has 0 spiro atoms. The van der Waals surface area contributed by atoms with E-state index < -0.39 is 5.97 Å². The van der Waals surface area contributed by atoms with Crippen molar-refractivity contribution < 1.29 is 9.90 Å². The second-order valence-corrected chi connectivity index (χ2v) is 3.22. The van der Waals surface area contributed by atoms with E-state index in [-0.39, 0.29) is 17.1 Å². The number of nitrogen functional groups attached to an aromatic ring is 1. The Hall–Kier alpha value is -2.70. The van der Waals surface area contributed by atoms with Crippen LogP contribution in [0, 0.1) is 0 Å². The average Bonchev–Trinajstić information content (AvgIpc) is 2.32. The largest absolute Gasteiger partial charge is 0.478 e. The van der Waals surface area contributed by atoms with Crippen LogP contribution in [0.1, 0.15) is 10.4 Å². The van der Waals surface area contributed by atoms with Crippen LogP contribution < -0.4 is 11.1 Å². The molecule has 0 saturated heterocycles. The molecular weight excluding hydrogens is 222 g/mol. The number of hydrogen-bond donors (Lipinski definition) is 3. The quantitative estimate of drug-likeness (QED) is 0.718. The number of hydrogen-bond acceptors (Lipinski definition) is 6. The fourth-order valence-corrected chi connectivity index (χ4v) is 1.24. The third-order valence-corrected chi connectivity index (χ3v) is 1.96. The lowest BCUT2D eigenvalue weighted by atomic mass is 10.2. The summed E-state index contributed by atoms with van der Waals surface area (Å²) in [5, 5.41) is 11.8. The van der Waals surface area contributed by atoms with Gasteiger partial charge in [0.25, 0.3) is 0 Å². The number of aromatic carboxylic acids is 1.